The minimum atomic E-state index is 0.280. The summed E-state index contributed by atoms with van der Waals surface area (Å²) in [6.07, 6.45) is 2.40. The predicted molar refractivity (Wildman–Crippen MR) is 86.3 cm³/mol. The van der Waals surface area contributed by atoms with Gasteiger partial charge in [0, 0.05) is 12.1 Å². The van der Waals surface area contributed by atoms with Crippen molar-refractivity contribution in [2.75, 3.05) is 19.0 Å². The van der Waals surface area contributed by atoms with E-state index in [4.69, 9.17) is 16.3 Å². The molecule has 0 aliphatic carbocycles. The van der Waals surface area contributed by atoms with Gasteiger partial charge in [-0.25, -0.2) is 9.97 Å². The molecule has 1 heterocycles. The SMILES string of the molecule is COc1ccc(CCNc2ncnc(Cl)c2C(C)C)cc1. The molecule has 0 amide bonds. The number of methoxy groups -OCH3 is 1. The fraction of sp³-hybridized carbons (Fsp3) is 0.375. The van der Waals surface area contributed by atoms with E-state index in [-0.39, 0.29) is 5.92 Å². The first-order valence-corrected chi connectivity index (χ1v) is 7.36. The summed E-state index contributed by atoms with van der Waals surface area (Å²) in [6.45, 7) is 4.96. The fourth-order valence-electron chi connectivity index (χ4n) is 2.14. The molecule has 0 radical (unpaired) electrons. The van der Waals surface area contributed by atoms with Crippen molar-refractivity contribution in [3.63, 3.8) is 0 Å². The van der Waals surface area contributed by atoms with Gasteiger partial charge in [-0.3, -0.25) is 0 Å². The van der Waals surface area contributed by atoms with Crippen molar-refractivity contribution in [3.05, 3.63) is 46.9 Å². The maximum absolute atomic E-state index is 6.15. The van der Waals surface area contributed by atoms with Crippen LogP contribution in [-0.2, 0) is 6.42 Å². The average Bonchev–Trinajstić information content (AvgIpc) is 2.47. The van der Waals surface area contributed by atoms with Gasteiger partial charge in [0.2, 0.25) is 0 Å². The van der Waals surface area contributed by atoms with Gasteiger partial charge in [0.15, 0.2) is 0 Å². The predicted octanol–water partition coefficient (Wildman–Crippen LogP) is 3.92. The van der Waals surface area contributed by atoms with Gasteiger partial charge in [0.1, 0.15) is 23.0 Å². The number of ether oxygens (including phenoxy) is 1. The van der Waals surface area contributed by atoms with Crippen LogP contribution < -0.4 is 10.1 Å². The zero-order valence-electron chi connectivity index (χ0n) is 12.6. The maximum atomic E-state index is 6.15. The fourth-order valence-corrected chi connectivity index (χ4v) is 2.50. The molecule has 0 fully saturated rings. The lowest BCUT2D eigenvalue weighted by Gasteiger charge is -2.14. The van der Waals surface area contributed by atoms with Crippen LogP contribution in [0.25, 0.3) is 0 Å². The molecule has 0 saturated carbocycles. The van der Waals surface area contributed by atoms with Crippen molar-refractivity contribution in [2.45, 2.75) is 26.2 Å². The first kappa shape index (κ1) is 15.6. The van der Waals surface area contributed by atoms with Crippen LogP contribution in [0.4, 0.5) is 5.82 Å². The highest BCUT2D eigenvalue weighted by atomic mass is 35.5. The minimum absolute atomic E-state index is 0.280. The van der Waals surface area contributed by atoms with E-state index in [2.05, 4.69) is 41.3 Å². The summed E-state index contributed by atoms with van der Waals surface area (Å²) in [5.74, 6) is 1.97. The van der Waals surface area contributed by atoms with E-state index >= 15 is 0 Å². The third-order valence-electron chi connectivity index (χ3n) is 3.28. The number of nitrogens with one attached hydrogen (secondary N) is 1. The second kappa shape index (κ2) is 7.27. The van der Waals surface area contributed by atoms with E-state index in [9.17, 15) is 0 Å². The Kier molecular flexibility index (Phi) is 5.39. The zero-order valence-corrected chi connectivity index (χ0v) is 13.3. The molecule has 5 heteroatoms. The van der Waals surface area contributed by atoms with Crippen LogP contribution in [0.2, 0.25) is 5.15 Å². The van der Waals surface area contributed by atoms with Crippen LogP contribution in [0.1, 0.15) is 30.9 Å². The molecule has 112 valence electrons. The quantitative estimate of drug-likeness (QED) is 0.822. The Morgan fingerprint density at radius 1 is 1.19 bits per heavy atom. The Morgan fingerprint density at radius 2 is 1.90 bits per heavy atom. The van der Waals surface area contributed by atoms with Gasteiger partial charge in [-0.2, -0.15) is 0 Å². The lowest BCUT2D eigenvalue weighted by Crippen LogP contribution is -2.10. The summed E-state index contributed by atoms with van der Waals surface area (Å²) < 4.78 is 5.15. The van der Waals surface area contributed by atoms with Crippen LogP contribution in [0.3, 0.4) is 0 Å². The Morgan fingerprint density at radius 3 is 2.52 bits per heavy atom. The number of anilines is 1. The highest BCUT2D eigenvalue weighted by molar-refractivity contribution is 6.30. The molecule has 0 saturated heterocycles. The van der Waals surface area contributed by atoms with Crippen LogP contribution in [-0.4, -0.2) is 23.6 Å². The van der Waals surface area contributed by atoms with Gasteiger partial charge in [-0.05, 0) is 30.0 Å². The molecular formula is C16H20ClN3O. The van der Waals surface area contributed by atoms with Crippen molar-refractivity contribution in [1.29, 1.82) is 0 Å². The highest BCUT2D eigenvalue weighted by Crippen LogP contribution is 2.27. The van der Waals surface area contributed by atoms with Gasteiger partial charge >= 0.3 is 0 Å². The smallest absolute Gasteiger partial charge is 0.138 e. The molecular weight excluding hydrogens is 286 g/mol. The summed E-state index contributed by atoms with van der Waals surface area (Å²) in [6, 6.07) is 8.07. The van der Waals surface area contributed by atoms with Crippen LogP contribution >= 0.6 is 11.6 Å². The van der Waals surface area contributed by atoms with Crippen molar-refractivity contribution in [3.8, 4) is 5.75 Å². The number of nitrogens with zero attached hydrogens (tertiary/aromatic N) is 2. The van der Waals surface area contributed by atoms with Crippen LogP contribution in [0.15, 0.2) is 30.6 Å². The molecule has 0 bridgehead atoms. The summed E-state index contributed by atoms with van der Waals surface area (Å²) in [5, 5.41) is 3.87. The molecule has 0 spiro atoms. The topological polar surface area (TPSA) is 47.0 Å². The molecule has 1 aromatic carbocycles. The molecule has 21 heavy (non-hydrogen) atoms. The Labute approximate surface area is 130 Å². The molecule has 0 aliphatic heterocycles. The van der Waals surface area contributed by atoms with Crippen LogP contribution in [0.5, 0.6) is 5.75 Å². The third kappa shape index (κ3) is 4.08. The van der Waals surface area contributed by atoms with E-state index in [0.717, 1.165) is 30.1 Å². The van der Waals surface area contributed by atoms with Crippen molar-refractivity contribution >= 4 is 17.4 Å². The van der Waals surface area contributed by atoms with Gasteiger partial charge in [-0.15, -0.1) is 0 Å². The van der Waals surface area contributed by atoms with Crippen molar-refractivity contribution in [2.24, 2.45) is 0 Å². The molecule has 2 rings (SSSR count). The molecule has 0 unspecified atom stereocenters. The molecule has 1 N–H and O–H groups in total. The lowest BCUT2D eigenvalue weighted by atomic mass is 10.1. The average molecular weight is 306 g/mol. The molecule has 0 atom stereocenters. The summed E-state index contributed by atoms with van der Waals surface area (Å²) in [7, 11) is 1.67. The maximum Gasteiger partial charge on any atom is 0.138 e. The van der Waals surface area contributed by atoms with Gasteiger partial charge < -0.3 is 10.1 Å². The van der Waals surface area contributed by atoms with E-state index in [1.165, 1.54) is 11.9 Å². The molecule has 4 nitrogen and oxygen atoms in total. The number of aromatic nitrogens is 2. The summed E-state index contributed by atoms with van der Waals surface area (Å²) in [5.41, 5.74) is 2.21. The third-order valence-corrected chi connectivity index (χ3v) is 3.58. The highest BCUT2D eigenvalue weighted by Gasteiger charge is 2.12. The van der Waals surface area contributed by atoms with Crippen molar-refractivity contribution < 1.29 is 4.74 Å². The summed E-state index contributed by atoms with van der Waals surface area (Å²) >= 11 is 6.15. The van der Waals surface area contributed by atoms with E-state index in [1.54, 1.807) is 7.11 Å². The monoisotopic (exact) mass is 305 g/mol. The number of benzene rings is 1. The number of hydrogen-bond acceptors (Lipinski definition) is 4. The molecule has 2 aromatic rings. The van der Waals surface area contributed by atoms with E-state index < -0.39 is 0 Å². The second-order valence-corrected chi connectivity index (χ2v) is 5.46. The number of hydrogen-bond donors (Lipinski definition) is 1. The number of halogens is 1. The standard InChI is InChI=1S/C16H20ClN3O/c1-11(2)14-15(17)19-10-20-16(14)18-9-8-12-4-6-13(21-3)7-5-12/h4-7,10-11H,8-9H2,1-3H3,(H,18,19,20). The van der Waals surface area contributed by atoms with E-state index in [1.807, 2.05) is 12.1 Å². The normalized spacial score (nSPS) is 10.7. The van der Waals surface area contributed by atoms with Crippen molar-refractivity contribution in [1.82, 2.24) is 9.97 Å². The minimum Gasteiger partial charge on any atom is -0.497 e. The first-order valence-electron chi connectivity index (χ1n) is 6.99. The molecule has 1 aromatic heterocycles. The Hall–Kier alpha value is -1.81. The largest absolute Gasteiger partial charge is 0.497 e. The zero-order chi connectivity index (χ0) is 15.2. The lowest BCUT2D eigenvalue weighted by molar-refractivity contribution is 0.414. The Balaban J connectivity index is 1.98. The number of rotatable bonds is 6. The van der Waals surface area contributed by atoms with E-state index in [0.29, 0.717) is 5.15 Å². The van der Waals surface area contributed by atoms with Gasteiger partial charge in [0.25, 0.3) is 0 Å². The summed E-state index contributed by atoms with van der Waals surface area (Å²) in [4.78, 5) is 8.34. The van der Waals surface area contributed by atoms with Gasteiger partial charge in [0.05, 0.1) is 7.11 Å². The first-order chi connectivity index (χ1) is 10.1. The second-order valence-electron chi connectivity index (χ2n) is 5.11. The van der Waals surface area contributed by atoms with Gasteiger partial charge in [-0.1, -0.05) is 37.6 Å². The Bertz CT molecular complexity index is 585. The molecule has 0 aliphatic rings. The van der Waals surface area contributed by atoms with Crippen LogP contribution in [0, 0.1) is 0 Å².